The number of carboxylic acid groups (broad SMARTS) is 1. The number of amides is 8. The highest BCUT2D eigenvalue weighted by Gasteiger charge is 2.35. The van der Waals surface area contributed by atoms with Crippen molar-refractivity contribution in [3.05, 3.63) is 18.2 Å². The maximum atomic E-state index is 14.8. The monoisotopic (exact) mass is 1350 g/mol. The lowest BCUT2D eigenvalue weighted by Crippen LogP contribution is -2.60. The summed E-state index contributed by atoms with van der Waals surface area (Å²) < 4.78 is 0. The third-order valence-electron chi connectivity index (χ3n) is 13.9. The number of imidazole rings is 1. The van der Waals surface area contributed by atoms with Crippen molar-refractivity contribution in [1.82, 2.24) is 52.5 Å². The van der Waals surface area contributed by atoms with E-state index in [9.17, 15) is 48.3 Å². The van der Waals surface area contributed by atoms with Crippen LogP contribution in [0.2, 0.25) is 0 Å². The Kier molecular flexibility index (Phi) is 41.7. The Morgan fingerprint density at radius 2 is 0.600 bits per heavy atom. The van der Waals surface area contributed by atoms with Gasteiger partial charge < -0.3 is 139 Å². The molecule has 0 aliphatic heterocycles. The molecule has 0 bridgehead atoms. The summed E-state index contributed by atoms with van der Waals surface area (Å²) in [6.07, 6.45) is 4.41. The zero-order chi connectivity index (χ0) is 71.3. The molecule has 41 heteroatoms. The normalized spacial score (nSPS) is 13.6. The molecule has 0 aliphatic rings. The standard InChI is InChI=1S/C54H105N31O10/c55-19-3-1-12-32(78-40(86)31(57)11-5-21-71-49(58)59)41(87)79-33(13-2-4-20-56)42(88)80-34(14-6-22-72-50(60)61)43(89)82-37(17-9-25-75-53(66)67)46(92)85-39(27-30-28-70-29-77-30)47(93)83-35(15-7-23-73-51(62)63)44(90)81-36(16-8-24-74-52(64)65)45(91)84-38(48(94)95)18-10-26-76-54(68)69/h28-29,31-39H,1-27,55-57H2,(H,70,77)(H,78,86)(H,79,87)(H,80,88)(H,81,90)(H,82,89)(H,83,93)(H,84,91)(H,85,92)(H,94,95)(H4,58,59,71)(H4,60,61,72)(H4,62,63,73)(H4,64,65,74)(H4,66,67,75)(H4,68,69,76)/t31-,32+,33+,34+,35+,36+,37-,38-,39+/m1/s1. The van der Waals surface area contributed by atoms with Gasteiger partial charge in [0.2, 0.25) is 47.3 Å². The van der Waals surface area contributed by atoms with Crippen LogP contribution in [-0.2, 0) is 49.6 Å². The maximum Gasteiger partial charge on any atom is 0.326 e. The van der Waals surface area contributed by atoms with Crippen LogP contribution in [0, 0.1) is 0 Å². The molecule has 95 heavy (non-hydrogen) atoms. The van der Waals surface area contributed by atoms with Crippen LogP contribution in [-0.4, -0.2) is 211 Å². The summed E-state index contributed by atoms with van der Waals surface area (Å²) in [4.78, 5) is 157. The highest BCUT2D eigenvalue weighted by atomic mass is 16.4. The summed E-state index contributed by atoms with van der Waals surface area (Å²) >= 11 is 0. The Morgan fingerprint density at radius 1 is 0.358 bits per heavy atom. The number of aliphatic imine (C=N–C) groups is 6. The number of aromatic amines is 1. The fourth-order valence-electron chi connectivity index (χ4n) is 9.03. The van der Waals surface area contributed by atoms with Crippen LogP contribution in [0.15, 0.2) is 42.5 Å². The number of aromatic nitrogens is 2. The number of H-pyrrole nitrogens is 1. The van der Waals surface area contributed by atoms with E-state index >= 15 is 0 Å². The molecule has 0 radical (unpaired) electrons. The van der Waals surface area contributed by atoms with E-state index in [-0.39, 0.29) is 178 Å². The predicted molar refractivity (Wildman–Crippen MR) is 359 cm³/mol. The van der Waals surface area contributed by atoms with Gasteiger partial charge >= 0.3 is 5.97 Å². The Morgan fingerprint density at radius 3 is 0.863 bits per heavy atom. The van der Waals surface area contributed by atoms with Crippen LogP contribution in [0.3, 0.4) is 0 Å². The largest absolute Gasteiger partial charge is 0.480 e. The van der Waals surface area contributed by atoms with Gasteiger partial charge in [-0.1, -0.05) is 0 Å². The number of guanidine groups is 6. The quantitative estimate of drug-likeness (QED) is 0.0164. The fourth-order valence-corrected chi connectivity index (χ4v) is 9.03. The minimum absolute atomic E-state index is 0.000158. The summed E-state index contributed by atoms with van der Waals surface area (Å²) in [6.45, 7) is 0.696. The highest BCUT2D eigenvalue weighted by Crippen LogP contribution is 2.12. The average Bonchev–Trinajstić information content (AvgIpc) is 1.37. The first-order valence-corrected chi connectivity index (χ1v) is 31.2. The van der Waals surface area contributed by atoms with Gasteiger partial charge in [0, 0.05) is 57.6 Å². The molecule has 1 aromatic rings. The molecule has 0 aliphatic carbocycles. The second-order valence-corrected chi connectivity index (χ2v) is 22.0. The number of nitrogens with zero attached hydrogens (tertiary/aromatic N) is 7. The van der Waals surface area contributed by atoms with Gasteiger partial charge in [-0.25, -0.2) is 9.78 Å². The van der Waals surface area contributed by atoms with Crippen LogP contribution in [0.4, 0.5) is 0 Å². The lowest BCUT2D eigenvalue weighted by molar-refractivity contribution is -0.142. The number of hydrogen-bond donors (Lipinski definition) is 25. The molecule has 0 spiro atoms. The summed E-state index contributed by atoms with van der Waals surface area (Å²) in [5.74, 6) is -9.71. The molecule has 9 atom stereocenters. The number of hydrogen-bond acceptors (Lipinski definition) is 19. The zero-order valence-corrected chi connectivity index (χ0v) is 53.9. The topological polar surface area (TPSA) is 763 Å². The molecule has 0 fully saturated rings. The van der Waals surface area contributed by atoms with E-state index in [1.165, 1.54) is 12.5 Å². The Hall–Kier alpha value is -10.1. The highest BCUT2D eigenvalue weighted by molar-refractivity contribution is 5.98. The van der Waals surface area contributed by atoms with E-state index in [0.29, 0.717) is 37.8 Å². The zero-order valence-electron chi connectivity index (χ0n) is 53.9. The summed E-state index contributed by atoms with van der Waals surface area (Å²) in [5.41, 5.74) is 84.2. The number of rotatable bonds is 51. The van der Waals surface area contributed by atoms with Crippen molar-refractivity contribution in [1.29, 1.82) is 0 Å². The van der Waals surface area contributed by atoms with Crippen LogP contribution in [0.5, 0.6) is 0 Å². The molecule has 1 rings (SSSR count). The first kappa shape index (κ1) is 83.0. The number of nitrogens with one attached hydrogen (secondary N) is 9. The molecule has 8 amide bonds. The average molecular weight is 1350 g/mol. The molecule has 0 unspecified atom stereocenters. The van der Waals surface area contributed by atoms with Gasteiger partial charge in [-0.05, 0) is 129 Å². The lowest BCUT2D eigenvalue weighted by atomic mass is 10.0. The number of nitrogens with two attached hydrogens (primary N) is 15. The molecule has 41 nitrogen and oxygen atoms in total. The van der Waals surface area contributed by atoms with Gasteiger partial charge in [-0.15, -0.1) is 0 Å². The number of unbranched alkanes of at least 4 members (excludes halogenated alkanes) is 2. The van der Waals surface area contributed by atoms with Crippen molar-refractivity contribution in [2.45, 2.75) is 176 Å². The minimum atomic E-state index is -1.56. The molecular formula is C54H105N31O10. The van der Waals surface area contributed by atoms with Gasteiger partial charge in [-0.3, -0.25) is 68.3 Å². The number of aliphatic carboxylic acids is 1. The molecule has 1 heterocycles. The van der Waals surface area contributed by atoms with Crippen LogP contribution >= 0.6 is 0 Å². The van der Waals surface area contributed by atoms with Gasteiger partial charge in [0.25, 0.3) is 0 Å². The molecule has 536 valence electrons. The van der Waals surface area contributed by atoms with E-state index < -0.39 is 108 Å². The molecular weight excluding hydrogens is 1240 g/mol. The first-order valence-electron chi connectivity index (χ1n) is 31.2. The Labute approximate surface area is 551 Å². The number of carbonyl (C=O) groups excluding carboxylic acids is 8. The van der Waals surface area contributed by atoms with Crippen molar-refractivity contribution in [3.8, 4) is 0 Å². The van der Waals surface area contributed by atoms with E-state index in [1.807, 2.05) is 0 Å². The summed E-state index contributed by atoms with van der Waals surface area (Å²) in [6, 6.07) is -12.5. The van der Waals surface area contributed by atoms with Crippen molar-refractivity contribution in [2.24, 2.45) is 116 Å². The molecule has 0 aromatic carbocycles. The number of carboxylic acids is 1. The second kappa shape index (κ2) is 47.8. The van der Waals surface area contributed by atoms with Gasteiger partial charge in [-0.2, -0.15) is 0 Å². The molecule has 0 saturated heterocycles. The van der Waals surface area contributed by atoms with Crippen LogP contribution in [0.25, 0.3) is 0 Å². The van der Waals surface area contributed by atoms with Crippen molar-refractivity contribution >= 4 is 89.0 Å². The minimum Gasteiger partial charge on any atom is -0.480 e. The SMILES string of the molecule is NCCCC[C@H](NC(=O)[C@H](N)CCCN=C(N)N)C(=O)N[C@@H](CCCCN)C(=O)N[C@@H](CCCN=C(N)N)C(=O)N[C@H](CCCN=C(N)N)C(=O)N[C@@H](Cc1cnc[nH]1)C(=O)N[C@@H](CCCN=C(N)N)C(=O)N[C@@H](CCCN=C(N)N)C(=O)N[C@H](CCCN=C(N)N)C(=O)O. The van der Waals surface area contributed by atoms with Crippen molar-refractivity contribution in [2.75, 3.05) is 52.4 Å². The van der Waals surface area contributed by atoms with Crippen LogP contribution in [0.1, 0.15) is 121 Å². The predicted octanol–water partition coefficient (Wildman–Crippen LogP) is -10.2. The lowest BCUT2D eigenvalue weighted by Gasteiger charge is -2.28. The smallest absolute Gasteiger partial charge is 0.326 e. The van der Waals surface area contributed by atoms with Crippen LogP contribution < -0.4 is 129 Å². The van der Waals surface area contributed by atoms with Gasteiger partial charge in [0.05, 0.1) is 12.4 Å². The second-order valence-electron chi connectivity index (χ2n) is 22.0. The molecule has 0 saturated carbocycles. The van der Waals surface area contributed by atoms with E-state index in [0.717, 1.165) is 0 Å². The molecule has 1 aromatic heterocycles. The number of carbonyl (C=O) groups is 9. The Bertz CT molecular complexity index is 2700. The summed E-state index contributed by atoms with van der Waals surface area (Å²) in [5, 5.41) is 31.2. The summed E-state index contributed by atoms with van der Waals surface area (Å²) in [7, 11) is 0. The maximum absolute atomic E-state index is 14.8. The third kappa shape index (κ3) is 38.5. The van der Waals surface area contributed by atoms with Gasteiger partial charge in [0.1, 0.15) is 48.3 Å². The van der Waals surface area contributed by atoms with E-state index in [2.05, 4.69) is 82.5 Å². The first-order chi connectivity index (χ1) is 45.1. The van der Waals surface area contributed by atoms with Crippen molar-refractivity contribution in [3.63, 3.8) is 0 Å². The third-order valence-corrected chi connectivity index (χ3v) is 13.9. The van der Waals surface area contributed by atoms with Crippen molar-refractivity contribution < 1.29 is 48.3 Å². The fraction of sp³-hybridized carbons (Fsp3) is 0.667. The van der Waals surface area contributed by atoms with Gasteiger partial charge in [0.15, 0.2) is 35.8 Å². The molecule has 40 N–H and O–H groups in total. The van der Waals surface area contributed by atoms with E-state index in [4.69, 9.17) is 86.0 Å². The van der Waals surface area contributed by atoms with E-state index in [1.54, 1.807) is 0 Å². The Balaban J connectivity index is 3.87.